The highest BCUT2D eigenvalue weighted by molar-refractivity contribution is 6.13. The Morgan fingerprint density at radius 1 is 0.708 bits per heavy atom. The summed E-state index contributed by atoms with van der Waals surface area (Å²) in [6, 6.07) is 6.95. The van der Waals surface area contributed by atoms with E-state index in [1.807, 2.05) is 0 Å². The Kier molecular flexibility index (Phi) is 5.96. The van der Waals surface area contributed by atoms with Crippen molar-refractivity contribution in [2.75, 3.05) is 0 Å². The van der Waals surface area contributed by atoms with Crippen molar-refractivity contribution in [1.29, 1.82) is 0 Å². The van der Waals surface area contributed by atoms with Crippen LogP contribution in [0.2, 0.25) is 0 Å². The van der Waals surface area contributed by atoms with Gasteiger partial charge in [-0.2, -0.15) is 0 Å². The molecule has 0 saturated heterocycles. The van der Waals surface area contributed by atoms with Crippen LogP contribution in [0, 0.1) is 13.8 Å². The first kappa shape index (κ1) is 18.0. The van der Waals surface area contributed by atoms with E-state index in [1.54, 1.807) is 38.1 Å². The molecule has 3 rings (SSSR count). The number of hydrogen-bond donors (Lipinski definition) is 2. The van der Waals surface area contributed by atoms with Gasteiger partial charge in [0, 0.05) is 0 Å². The average Bonchev–Trinajstić information content (AvgIpc) is 2.59. The molecule has 0 unspecified atom stereocenters. The number of carboxylic acids is 2. The molecule has 1 aliphatic rings. The molecule has 2 aromatic carbocycles. The molecule has 0 aliphatic heterocycles. The van der Waals surface area contributed by atoms with Gasteiger partial charge in [0.2, 0.25) is 0 Å². The molecule has 128 valence electrons. The minimum absolute atomic E-state index is 0.126. The monoisotopic (exact) mass is 328 g/mol. The van der Waals surface area contributed by atoms with Gasteiger partial charge in [-0.25, -0.2) is 9.59 Å². The minimum Gasteiger partial charge on any atom is -0.478 e. The molecular formula is C20H24O4. The highest BCUT2D eigenvalue weighted by atomic mass is 16.4. The van der Waals surface area contributed by atoms with Crippen molar-refractivity contribution in [3.05, 3.63) is 46.5 Å². The summed E-state index contributed by atoms with van der Waals surface area (Å²) < 4.78 is 0. The van der Waals surface area contributed by atoms with Crippen LogP contribution in [0.4, 0.5) is 0 Å². The maximum absolute atomic E-state index is 11.3. The van der Waals surface area contributed by atoms with E-state index in [2.05, 4.69) is 0 Å². The van der Waals surface area contributed by atoms with Crippen molar-refractivity contribution in [2.45, 2.75) is 52.4 Å². The van der Waals surface area contributed by atoms with Crippen LogP contribution in [0.15, 0.2) is 24.3 Å². The van der Waals surface area contributed by atoms with Gasteiger partial charge in [0.15, 0.2) is 0 Å². The van der Waals surface area contributed by atoms with Gasteiger partial charge in [0.05, 0.1) is 11.1 Å². The highest BCUT2D eigenvalue weighted by Crippen LogP contribution is 2.30. The van der Waals surface area contributed by atoms with Gasteiger partial charge >= 0.3 is 11.9 Å². The van der Waals surface area contributed by atoms with Crippen molar-refractivity contribution in [3.63, 3.8) is 0 Å². The third-order valence-electron chi connectivity index (χ3n) is 4.72. The van der Waals surface area contributed by atoms with E-state index in [9.17, 15) is 19.8 Å². The second kappa shape index (κ2) is 7.95. The fourth-order valence-corrected chi connectivity index (χ4v) is 3.29. The van der Waals surface area contributed by atoms with Crippen molar-refractivity contribution in [3.8, 4) is 0 Å². The average molecular weight is 328 g/mol. The van der Waals surface area contributed by atoms with Crippen LogP contribution in [-0.4, -0.2) is 22.2 Å². The quantitative estimate of drug-likeness (QED) is 0.795. The normalized spacial score (nSPS) is 13.9. The number of aryl methyl sites for hydroxylation is 1. The number of benzene rings is 2. The lowest BCUT2D eigenvalue weighted by Gasteiger charge is -2.13. The molecular weight excluding hydrogens is 304 g/mol. The summed E-state index contributed by atoms with van der Waals surface area (Å²) in [6.45, 7) is 3.44. The molecule has 0 aromatic heterocycles. The molecule has 4 nitrogen and oxygen atoms in total. The number of aromatic carboxylic acids is 2. The maximum Gasteiger partial charge on any atom is 0.337 e. The second-order valence-electron chi connectivity index (χ2n) is 6.28. The first-order valence-electron chi connectivity index (χ1n) is 8.43. The number of rotatable bonds is 2. The summed E-state index contributed by atoms with van der Waals surface area (Å²) in [7, 11) is 0. The first-order valence-corrected chi connectivity index (χ1v) is 8.43. The molecule has 0 amide bonds. The van der Waals surface area contributed by atoms with Gasteiger partial charge < -0.3 is 10.2 Å². The first-order chi connectivity index (χ1) is 11.4. The summed E-state index contributed by atoms with van der Waals surface area (Å²) in [6.07, 6.45) is 9.00. The van der Waals surface area contributed by atoms with Crippen molar-refractivity contribution < 1.29 is 19.8 Å². The predicted octanol–water partition coefficient (Wildman–Crippen LogP) is 5.19. The Balaban J connectivity index is 0.000000292. The molecule has 4 heteroatoms. The third kappa shape index (κ3) is 3.75. The lowest BCUT2D eigenvalue weighted by Crippen LogP contribution is -2.12. The zero-order valence-corrected chi connectivity index (χ0v) is 14.3. The van der Waals surface area contributed by atoms with Gasteiger partial charge in [-0.15, -0.1) is 0 Å². The largest absolute Gasteiger partial charge is 0.478 e. The standard InChI is InChI=1S/C14H12O4.C6H12/c1-7-8(2)11(13(15)16)12(14(17)18)10-6-4-3-5-9(7)10;1-2-4-6-5-3-1/h3-6H,1-2H3,(H,15,16)(H,17,18);1-6H2. The zero-order chi connectivity index (χ0) is 17.7. The Bertz CT molecular complexity index is 746. The fraction of sp³-hybridized carbons (Fsp3) is 0.400. The lowest BCUT2D eigenvalue weighted by atomic mass is 9.90. The van der Waals surface area contributed by atoms with Gasteiger partial charge in [-0.05, 0) is 35.7 Å². The smallest absolute Gasteiger partial charge is 0.337 e. The minimum atomic E-state index is -1.22. The van der Waals surface area contributed by atoms with E-state index in [4.69, 9.17) is 0 Å². The van der Waals surface area contributed by atoms with Gasteiger partial charge in [-0.1, -0.05) is 62.8 Å². The lowest BCUT2D eigenvalue weighted by molar-refractivity contribution is 0.0652. The van der Waals surface area contributed by atoms with Crippen LogP contribution in [0.25, 0.3) is 10.8 Å². The van der Waals surface area contributed by atoms with Crippen LogP contribution >= 0.6 is 0 Å². The van der Waals surface area contributed by atoms with Crippen LogP contribution in [0.5, 0.6) is 0 Å². The maximum atomic E-state index is 11.3. The molecule has 1 saturated carbocycles. The Morgan fingerprint density at radius 3 is 1.54 bits per heavy atom. The van der Waals surface area contributed by atoms with Crippen LogP contribution in [0.3, 0.4) is 0 Å². The molecule has 0 radical (unpaired) electrons. The molecule has 2 N–H and O–H groups in total. The summed E-state index contributed by atoms with van der Waals surface area (Å²) in [5, 5.41) is 19.7. The highest BCUT2D eigenvalue weighted by Gasteiger charge is 2.23. The van der Waals surface area contributed by atoms with Crippen LogP contribution < -0.4 is 0 Å². The molecule has 24 heavy (non-hydrogen) atoms. The van der Waals surface area contributed by atoms with Crippen LogP contribution in [-0.2, 0) is 0 Å². The number of carboxylic acid groups (broad SMARTS) is 2. The molecule has 0 spiro atoms. The summed E-state index contributed by atoms with van der Waals surface area (Å²) >= 11 is 0. The molecule has 0 heterocycles. The Morgan fingerprint density at radius 2 is 1.12 bits per heavy atom. The van der Waals surface area contributed by atoms with Gasteiger partial charge in [0.1, 0.15) is 0 Å². The topological polar surface area (TPSA) is 74.6 Å². The van der Waals surface area contributed by atoms with Gasteiger partial charge in [0.25, 0.3) is 0 Å². The van der Waals surface area contributed by atoms with E-state index in [-0.39, 0.29) is 11.1 Å². The molecule has 1 aliphatic carbocycles. The van der Waals surface area contributed by atoms with E-state index >= 15 is 0 Å². The molecule has 0 atom stereocenters. The van der Waals surface area contributed by atoms with Crippen LogP contribution in [0.1, 0.15) is 70.4 Å². The molecule has 2 aromatic rings. The number of hydrogen-bond acceptors (Lipinski definition) is 2. The van der Waals surface area contributed by atoms with E-state index < -0.39 is 11.9 Å². The predicted molar refractivity (Wildman–Crippen MR) is 95.0 cm³/mol. The Hall–Kier alpha value is -2.36. The van der Waals surface area contributed by atoms with Crippen molar-refractivity contribution >= 4 is 22.7 Å². The van der Waals surface area contributed by atoms with Crippen molar-refractivity contribution in [2.24, 2.45) is 0 Å². The van der Waals surface area contributed by atoms with E-state index in [1.165, 1.54) is 38.5 Å². The molecule has 1 fully saturated rings. The summed E-state index contributed by atoms with van der Waals surface area (Å²) in [4.78, 5) is 22.6. The molecule has 0 bridgehead atoms. The number of fused-ring (bicyclic) bond motifs is 1. The third-order valence-corrected chi connectivity index (χ3v) is 4.72. The number of carbonyl (C=O) groups is 2. The van der Waals surface area contributed by atoms with Gasteiger partial charge in [-0.3, -0.25) is 0 Å². The van der Waals surface area contributed by atoms with E-state index in [0.717, 1.165) is 10.9 Å². The van der Waals surface area contributed by atoms with Crippen molar-refractivity contribution in [1.82, 2.24) is 0 Å². The fourth-order valence-electron chi connectivity index (χ4n) is 3.29. The SMILES string of the molecule is C1CCCCC1.Cc1c(C(=O)O)c(C(=O)O)c2ccccc2c1C. The second-order valence-corrected chi connectivity index (χ2v) is 6.28. The summed E-state index contributed by atoms with van der Waals surface area (Å²) in [5.41, 5.74) is 1.03. The Labute approximate surface area is 142 Å². The van der Waals surface area contributed by atoms with E-state index in [0.29, 0.717) is 10.9 Å². The zero-order valence-electron chi connectivity index (χ0n) is 14.3. The summed E-state index contributed by atoms with van der Waals surface area (Å²) in [5.74, 6) is -2.43.